The minimum absolute atomic E-state index is 0. The molecule has 1 aromatic heterocycles. The molecule has 0 fully saturated rings. The summed E-state index contributed by atoms with van der Waals surface area (Å²) in [7, 11) is 1.70. The second-order valence-electron chi connectivity index (χ2n) is 5.38. The van der Waals surface area contributed by atoms with Crippen molar-refractivity contribution in [2.24, 2.45) is 4.99 Å². The summed E-state index contributed by atoms with van der Waals surface area (Å²) in [4.78, 5) is 18.5. The van der Waals surface area contributed by atoms with Crippen LogP contribution in [0.25, 0.3) is 0 Å². The summed E-state index contributed by atoms with van der Waals surface area (Å²) >= 11 is 1.75. The number of nitrogens with one attached hydrogen (secondary N) is 3. The van der Waals surface area contributed by atoms with Crippen LogP contribution in [0, 0.1) is 6.92 Å². The van der Waals surface area contributed by atoms with Crippen molar-refractivity contribution < 1.29 is 4.79 Å². The number of rotatable bonds is 7. The highest BCUT2D eigenvalue weighted by Crippen LogP contribution is 2.14. The van der Waals surface area contributed by atoms with E-state index in [4.69, 9.17) is 0 Å². The van der Waals surface area contributed by atoms with E-state index in [9.17, 15) is 4.79 Å². The van der Waals surface area contributed by atoms with Crippen LogP contribution in [0.4, 0.5) is 0 Å². The number of amides is 1. The van der Waals surface area contributed by atoms with Gasteiger partial charge in [-0.15, -0.1) is 35.3 Å². The van der Waals surface area contributed by atoms with Gasteiger partial charge in [0.2, 0.25) is 5.91 Å². The van der Waals surface area contributed by atoms with Crippen molar-refractivity contribution in [2.45, 2.75) is 19.9 Å². The Hall–Kier alpha value is -1.61. The molecule has 0 aliphatic carbocycles. The summed E-state index contributed by atoms with van der Waals surface area (Å²) in [5.41, 5.74) is 1.22. The Labute approximate surface area is 170 Å². The van der Waals surface area contributed by atoms with Gasteiger partial charge in [-0.05, 0) is 31.0 Å². The smallest absolute Gasteiger partial charge is 0.239 e. The lowest BCUT2D eigenvalue weighted by molar-refractivity contribution is -0.119. The molecule has 3 N–H and O–H groups in total. The second kappa shape index (κ2) is 11.9. The van der Waals surface area contributed by atoms with Crippen LogP contribution in [0.1, 0.15) is 15.3 Å². The number of aliphatic imine (C=N–C) groups is 1. The molecule has 0 radical (unpaired) electrons. The molecule has 0 unspecified atom stereocenters. The SMILES string of the molecule is CN=C(NCC(=O)NCCc1ccccc1)NCc1ccc(C)s1.I. The minimum atomic E-state index is -0.0409. The van der Waals surface area contributed by atoms with Crippen molar-refractivity contribution in [3.63, 3.8) is 0 Å². The summed E-state index contributed by atoms with van der Waals surface area (Å²) in [6, 6.07) is 14.3. The number of guanidine groups is 1. The second-order valence-corrected chi connectivity index (χ2v) is 6.75. The van der Waals surface area contributed by atoms with Gasteiger partial charge >= 0.3 is 0 Å². The van der Waals surface area contributed by atoms with Crippen LogP contribution < -0.4 is 16.0 Å². The molecule has 0 saturated carbocycles. The van der Waals surface area contributed by atoms with E-state index < -0.39 is 0 Å². The highest BCUT2D eigenvalue weighted by Gasteiger charge is 2.04. The van der Waals surface area contributed by atoms with Crippen LogP contribution in [0.5, 0.6) is 0 Å². The van der Waals surface area contributed by atoms with Crippen LogP contribution >= 0.6 is 35.3 Å². The van der Waals surface area contributed by atoms with Gasteiger partial charge in [0, 0.05) is 23.3 Å². The lowest BCUT2D eigenvalue weighted by Crippen LogP contribution is -2.43. The maximum atomic E-state index is 11.9. The average molecular weight is 472 g/mol. The van der Waals surface area contributed by atoms with Gasteiger partial charge in [0.1, 0.15) is 0 Å². The zero-order valence-electron chi connectivity index (χ0n) is 14.5. The third-order valence-electron chi connectivity index (χ3n) is 3.44. The maximum absolute atomic E-state index is 11.9. The Morgan fingerprint density at radius 3 is 2.48 bits per heavy atom. The zero-order chi connectivity index (χ0) is 17.2. The van der Waals surface area contributed by atoms with E-state index in [1.807, 2.05) is 18.2 Å². The van der Waals surface area contributed by atoms with Crippen LogP contribution in [-0.2, 0) is 17.8 Å². The first-order chi connectivity index (χ1) is 11.7. The summed E-state index contributed by atoms with van der Waals surface area (Å²) in [5.74, 6) is 0.583. The van der Waals surface area contributed by atoms with Gasteiger partial charge < -0.3 is 16.0 Å². The van der Waals surface area contributed by atoms with Gasteiger partial charge in [0.05, 0.1) is 13.1 Å². The third kappa shape index (κ3) is 8.35. The number of hydrogen-bond donors (Lipinski definition) is 3. The van der Waals surface area contributed by atoms with Crippen molar-refractivity contribution in [2.75, 3.05) is 20.1 Å². The van der Waals surface area contributed by atoms with Gasteiger partial charge in [0.15, 0.2) is 5.96 Å². The van der Waals surface area contributed by atoms with E-state index in [0.717, 1.165) is 6.42 Å². The Balaban J connectivity index is 0.00000312. The number of thiophene rings is 1. The number of hydrogen-bond acceptors (Lipinski definition) is 3. The molecule has 5 nitrogen and oxygen atoms in total. The number of benzene rings is 1. The summed E-state index contributed by atoms with van der Waals surface area (Å²) < 4.78 is 0. The lowest BCUT2D eigenvalue weighted by Gasteiger charge is -2.11. The van der Waals surface area contributed by atoms with Gasteiger partial charge in [-0.3, -0.25) is 9.79 Å². The van der Waals surface area contributed by atoms with Crippen molar-refractivity contribution in [1.29, 1.82) is 0 Å². The summed E-state index contributed by atoms with van der Waals surface area (Å²) in [6.07, 6.45) is 0.831. The Kier molecular flexibility index (Phi) is 10.2. The molecule has 0 spiro atoms. The monoisotopic (exact) mass is 472 g/mol. The molecule has 0 bridgehead atoms. The maximum Gasteiger partial charge on any atom is 0.239 e. The molecular formula is C18H25IN4OS. The first kappa shape index (κ1) is 21.4. The van der Waals surface area contributed by atoms with Crippen molar-refractivity contribution >= 4 is 47.2 Å². The molecule has 0 aliphatic heterocycles. The van der Waals surface area contributed by atoms with Crippen molar-refractivity contribution in [1.82, 2.24) is 16.0 Å². The van der Waals surface area contributed by atoms with E-state index in [0.29, 0.717) is 19.0 Å². The first-order valence-corrected chi connectivity index (χ1v) is 8.79. The molecule has 2 aromatic rings. The minimum Gasteiger partial charge on any atom is -0.354 e. The molecule has 7 heteroatoms. The molecule has 136 valence electrons. The molecule has 0 saturated heterocycles. The average Bonchev–Trinajstić information content (AvgIpc) is 3.01. The predicted octanol–water partition coefficient (Wildman–Crippen LogP) is 2.70. The van der Waals surface area contributed by atoms with Crippen LogP contribution in [0.2, 0.25) is 0 Å². The molecule has 1 heterocycles. The molecule has 1 amide bonds. The van der Waals surface area contributed by atoms with Crippen molar-refractivity contribution in [3.8, 4) is 0 Å². The van der Waals surface area contributed by atoms with Crippen molar-refractivity contribution in [3.05, 3.63) is 57.8 Å². The Morgan fingerprint density at radius 2 is 1.84 bits per heavy atom. The number of halogens is 1. The first-order valence-electron chi connectivity index (χ1n) is 7.98. The molecule has 1 aromatic carbocycles. The van der Waals surface area contributed by atoms with Crippen LogP contribution in [-0.4, -0.2) is 32.0 Å². The summed E-state index contributed by atoms with van der Waals surface area (Å²) in [5, 5.41) is 9.14. The fraction of sp³-hybridized carbons (Fsp3) is 0.333. The largest absolute Gasteiger partial charge is 0.354 e. The Bertz CT molecular complexity index is 673. The number of aryl methyl sites for hydroxylation is 1. The predicted molar refractivity (Wildman–Crippen MR) is 116 cm³/mol. The molecule has 25 heavy (non-hydrogen) atoms. The quantitative estimate of drug-likeness (QED) is 0.330. The van der Waals surface area contributed by atoms with E-state index in [-0.39, 0.29) is 36.4 Å². The van der Waals surface area contributed by atoms with E-state index in [1.54, 1.807) is 18.4 Å². The topological polar surface area (TPSA) is 65.5 Å². The fourth-order valence-corrected chi connectivity index (χ4v) is 3.02. The number of carbonyl (C=O) groups excluding carboxylic acids is 1. The van der Waals surface area contributed by atoms with Gasteiger partial charge in [-0.2, -0.15) is 0 Å². The van der Waals surface area contributed by atoms with E-state index in [1.165, 1.54) is 15.3 Å². The van der Waals surface area contributed by atoms with E-state index >= 15 is 0 Å². The fourth-order valence-electron chi connectivity index (χ4n) is 2.19. The molecular weight excluding hydrogens is 447 g/mol. The third-order valence-corrected chi connectivity index (χ3v) is 4.45. The van der Waals surface area contributed by atoms with Crippen LogP contribution in [0.15, 0.2) is 47.5 Å². The molecule has 0 aliphatic rings. The normalized spacial score (nSPS) is 10.7. The van der Waals surface area contributed by atoms with Gasteiger partial charge in [0.25, 0.3) is 0 Å². The Morgan fingerprint density at radius 1 is 1.08 bits per heavy atom. The lowest BCUT2D eigenvalue weighted by atomic mass is 10.1. The number of nitrogens with zero attached hydrogens (tertiary/aromatic N) is 1. The standard InChI is InChI=1S/C18H24N4OS.HI/c1-14-8-9-16(24-14)12-21-18(19-2)22-13-17(23)20-11-10-15-6-4-3-5-7-15;/h3-9H,10-13H2,1-2H3,(H,20,23)(H2,19,21,22);1H. The van der Waals surface area contributed by atoms with Gasteiger partial charge in [-0.1, -0.05) is 30.3 Å². The highest BCUT2D eigenvalue weighted by molar-refractivity contribution is 14.0. The summed E-state index contributed by atoms with van der Waals surface area (Å²) in [6.45, 7) is 3.62. The van der Waals surface area contributed by atoms with Gasteiger partial charge in [-0.25, -0.2) is 0 Å². The van der Waals surface area contributed by atoms with Crippen LogP contribution in [0.3, 0.4) is 0 Å². The number of carbonyl (C=O) groups is 1. The highest BCUT2D eigenvalue weighted by atomic mass is 127. The molecule has 0 atom stereocenters. The molecule has 2 rings (SSSR count). The zero-order valence-corrected chi connectivity index (χ0v) is 17.7. The van der Waals surface area contributed by atoms with E-state index in [2.05, 4.69) is 52.1 Å².